The third kappa shape index (κ3) is 3.22. The Morgan fingerprint density at radius 2 is 1.76 bits per heavy atom. The highest BCUT2D eigenvalue weighted by Crippen LogP contribution is 2.18. The van der Waals surface area contributed by atoms with Crippen LogP contribution in [0.3, 0.4) is 0 Å². The molecule has 0 fully saturated rings. The second-order valence-corrected chi connectivity index (χ2v) is 5.52. The lowest BCUT2D eigenvalue weighted by atomic mass is 10.00. The predicted molar refractivity (Wildman–Crippen MR) is 85.8 cm³/mol. The van der Waals surface area contributed by atoms with Crippen molar-refractivity contribution in [2.45, 2.75) is 19.9 Å². The highest BCUT2D eigenvalue weighted by atomic mass is 16.2. The molecule has 0 atom stereocenters. The van der Waals surface area contributed by atoms with E-state index in [0.29, 0.717) is 6.54 Å². The molecule has 2 aromatic carbocycles. The molecule has 1 heterocycles. The van der Waals surface area contributed by atoms with E-state index in [1.807, 2.05) is 29.2 Å². The summed E-state index contributed by atoms with van der Waals surface area (Å²) in [4.78, 5) is 14.2. The Morgan fingerprint density at radius 1 is 1.05 bits per heavy atom. The second kappa shape index (κ2) is 5.96. The summed E-state index contributed by atoms with van der Waals surface area (Å²) in [6, 6.07) is 16.5. The van der Waals surface area contributed by atoms with Crippen molar-refractivity contribution in [1.29, 1.82) is 0 Å². The van der Waals surface area contributed by atoms with Crippen LogP contribution in [-0.4, -0.2) is 17.4 Å². The number of hydrogen-bond acceptors (Lipinski definition) is 1. The molecular weight excluding hydrogens is 258 g/mol. The van der Waals surface area contributed by atoms with Crippen LogP contribution < -0.4 is 0 Å². The van der Waals surface area contributed by atoms with Crippen LogP contribution >= 0.6 is 0 Å². The molecule has 0 saturated carbocycles. The summed E-state index contributed by atoms with van der Waals surface area (Å²) in [7, 11) is 0. The first-order valence-corrected chi connectivity index (χ1v) is 7.33. The first-order chi connectivity index (χ1) is 10.2. The standard InChI is InChI=1S/C19H19NO/c1-15-6-8-16(9-7-15)10-11-19(21)20-13-12-17-4-2-3-5-18(17)14-20/h2-11H,12-14H2,1H3/b11-10+. The normalized spacial score (nSPS) is 14.2. The van der Waals surface area contributed by atoms with Crippen LogP contribution in [0.25, 0.3) is 6.08 Å². The van der Waals surface area contributed by atoms with Gasteiger partial charge in [0.25, 0.3) is 0 Å². The Balaban J connectivity index is 1.68. The van der Waals surface area contributed by atoms with E-state index >= 15 is 0 Å². The van der Waals surface area contributed by atoms with E-state index in [-0.39, 0.29) is 5.91 Å². The molecule has 106 valence electrons. The van der Waals surface area contributed by atoms with Gasteiger partial charge in [0, 0.05) is 19.2 Å². The van der Waals surface area contributed by atoms with Gasteiger partial charge in [0.1, 0.15) is 0 Å². The number of carbonyl (C=O) groups is 1. The molecule has 3 rings (SSSR count). The maximum Gasteiger partial charge on any atom is 0.246 e. The molecule has 1 amide bonds. The Hall–Kier alpha value is -2.35. The molecule has 0 aromatic heterocycles. The van der Waals surface area contributed by atoms with Crippen molar-refractivity contribution in [2.75, 3.05) is 6.54 Å². The number of benzene rings is 2. The van der Waals surface area contributed by atoms with Crippen LogP contribution in [0.5, 0.6) is 0 Å². The van der Waals surface area contributed by atoms with Crippen LogP contribution in [0.2, 0.25) is 0 Å². The summed E-state index contributed by atoms with van der Waals surface area (Å²) < 4.78 is 0. The zero-order valence-corrected chi connectivity index (χ0v) is 12.3. The van der Waals surface area contributed by atoms with E-state index in [9.17, 15) is 4.79 Å². The van der Waals surface area contributed by atoms with Gasteiger partial charge in [0.2, 0.25) is 5.91 Å². The van der Waals surface area contributed by atoms with Gasteiger partial charge < -0.3 is 4.90 Å². The molecule has 1 aliphatic heterocycles. The molecule has 1 aliphatic rings. The zero-order chi connectivity index (χ0) is 14.7. The number of fused-ring (bicyclic) bond motifs is 1. The van der Waals surface area contributed by atoms with Crippen molar-refractivity contribution in [3.63, 3.8) is 0 Å². The summed E-state index contributed by atoms with van der Waals surface area (Å²) in [5.74, 6) is 0.0880. The zero-order valence-electron chi connectivity index (χ0n) is 12.3. The minimum absolute atomic E-state index is 0.0880. The maximum atomic E-state index is 12.3. The van der Waals surface area contributed by atoms with E-state index in [4.69, 9.17) is 0 Å². The molecule has 2 aromatic rings. The van der Waals surface area contributed by atoms with E-state index in [2.05, 4.69) is 37.3 Å². The quantitative estimate of drug-likeness (QED) is 0.768. The fraction of sp³-hybridized carbons (Fsp3) is 0.211. The van der Waals surface area contributed by atoms with E-state index in [0.717, 1.165) is 18.5 Å². The predicted octanol–water partition coefficient (Wildman–Crippen LogP) is 3.59. The van der Waals surface area contributed by atoms with Crippen molar-refractivity contribution in [2.24, 2.45) is 0 Å². The van der Waals surface area contributed by atoms with Gasteiger partial charge in [0.15, 0.2) is 0 Å². The molecule has 0 saturated heterocycles. The summed E-state index contributed by atoms with van der Waals surface area (Å²) in [5, 5.41) is 0. The summed E-state index contributed by atoms with van der Waals surface area (Å²) in [5.41, 5.74) is 4.92. The first-order valence-electron chi connectivity index (χ1n) is 7.33. The van der Waals surface area contributed by atoms with Gasteiger partial charge in [-0.2, -0.15) is 0 Å². The SMILES string of the molecule is Cc1ccc(/C=C/C(=O)N2CCc3ccccc3C2)cc1. The number of amides is 1. The van der Waals surface area contributed by atoms with Crippen molar-refractivity contribution in [3.05, 3.63) is 76.9 Å². The number of aryl methyl sites for hydroxylation is 1. The molecule has 21 heavy (non-hydrogen) atoms. The summed E-state index contributed by atoms with van der Waals surface area (Å²) >= 11 is 0. The van der Waals surface area contributed by atoms with Crippen LogP contribution in [0.1, 0.15) is 22.3 Å². The minimum Gasteiger partial charge on any atom is -0.334 e. The molecule has 0 spiro atoms. The minimum atomic E-state index is 0.0880. The second-order valence-electron chi connectivity index (χ2n) is 5.52. The number of rotatable bonds is 2. The van der Waals surface area contributed by atoms with Gasteiger partial charge >= 0.3 is 0 Å². The average molecular weight is 277 g/mol. The Morgan fingerprint density at radius 3 is 2.52 bits per heavy atom. The maximum absolute atomic E-state index is 12.3. The van der Waals surface area contributed by atoms with E-state index < -0.39 is 0 Å². The van der Waals surface area contributed by atoms with Crippen molar-refractivity contribution >= 4 is 12.0 Å². The van der Waals surface area contributed by atoms with Gasteiger partial charge in [0.05, 0.1) is 0 Å². The number of nitrogens with zero attached hydrogens (tertiary/aromatic N) is 1. The molecule has 0 bridgehead atoms. The van der Waals surface area contributed by atoms with Crippen LogP contribution in [0.4, 0.5) is 0 Å². The Labute approximate surface area is 125 Å². The van der Waals surface area contributed by atoms with E-state index in [1.54, 1.807) is 6.08 Å². The highest BCUT2D eigenvalue weighted by molar-refractivity contribution is 5.91. The van der Waals surface area contributed by atoms with Gasteiger partial charge in [-0.05, 0) is 36.1 Å². The summed E-state index contributed by atoms with van der Waals surface area (Å²) in [6.07, 6.45) is 4.52. The van der Waals surface area contributed by atoms with Crippen LogP contribution in [0.15, 0.2) is 54.6 Å². The van der Waals surface area contributed by atoms with E-state index in [1.165, 1.54) is 16.7 Å². The van der Waals surface area contributed by atoms with Gasteiger partial charge in [-0.3, -0.25) is 4.79 Å². The number of carbonyl (C=O) groups excluding carboxylic acids is 1. The molecule has 0 unspecified atom stereocenters. The van der Waals surface area contributed by atoms with Crippen molar-refractivity contribution < 1.29 is 4.79 Å². The lowest BCUT2D eigenvalue weighted by Crippen LogP contribution is -2.34. The summed E-state index contributed by atoms with van der Waals surface area (Å²) in [6.45, 7) is 3.57. The van der Waals surface area contributed by atoms with Gasteiger partial charge in [-0.25, -0.2) is 0 Å². The topological polar surface area (TPSA) is 20.3 Å². The highest BCUT2D eigenvalue weighted by Gasteiger charge is 2.18. The molecule has 0 N–H and O–H groups in total. The molecule has 2 nitrogen and oxygen atoms in total. The van der Waals surface area contributed by atoms with Crippen LogP contribution in [-0.2, 0) is 17.8 Å². The fourth-order valence-electron chi connectivity index (χ4n) is 2.63. The smallest absolute Gasteiger partial charge is 0.246 e. The monoisotopic (exact) mass is 277 g/mol. The number of hydrogen-bond donors (Lipinski definition) is 0. The third-order valence-electron chi connectivity index (χ3n) is 3.94. The Kier molecular flexibility index (Phi) is 3.87. The lowest BCUT2D eigenvalue weighted by molar-refractivity contribution is -0.126. The lowest BCUT2D eigenvalue weighted by Gasteiger charge is -2.27. The largest absolute Gasteiger partial charge is 0.334 e. The first kappa shape index (κ1) is 13.6. The van der Waals surface area contributed by atoms with Gasteiger partial charge in [-0.15, -0.1) is 0 Å². The fourth-order valence-corrected chi connectivity index (χ4v) is 2.63. The average Bonchev–Trinajstić information content (AvgIpc) is 2.53. The Bertz CT molecular complexity index is 670. The van der Waals surface area contributed by atoms with Crippen molar-refractivity contribution in [3.8, 4) is 0 Å². The third-order valence-corrected chi connectivity index (χ3v) is 3.94. The molecular formula is C19H19NO. The van der Waals surface area contributed by atoms with Gasteiger partial charge in [-0.1, -0.05) is 54.1 Å². The molecule has 0 aliphatic carbocycles. The molecule has 0 radical (unpaired) electrons. The van der Waals surface area contributed by atoms with Crippen molar-refractivity contribution in [1.82, 2.24) is 4.90 Å². The molecule has 2 heteroatoms. The van der Waals surface area contributed by atoms with Crippen LogP contribution in [0, 0.1) is 6.92 Å².